The lowest BCUT2D eigenvalue weighted by Gasteiger charge is -2.29. The van der Waals surface area contributed by atoms with Crippen molar-refractivity contribution in [3.05, 3.63) is 23.4 Å². The van der Waals surface area contributed by atoms with E-state index in [9.17, 15) is 4.79 Å². The van der Waals surface area contributed by atoms with Gasteiger partial charge < -0.3 is 5.11 Å². The topological polar surface area (TPSA) is 66.0 Å². The number of nitrogens with one attached hydrogen (secondary N) is 1. The van der Waals surface area contributed by atoms with Gasteiger partial charge in [-0.05, 0) is 23.5 Å². The number of ketones is 1. The summed E-state index contributed by atoms with van der Waals surface area (Å²) in [5.41, 5.74) is 2.99. The summed E-state index contributed by atoms with van der Waals surface area (Å²) >= 11 is 3.21. The average molecular weight is 322 g/mol. The monoisotopic (exact) mass is 322 g/mol. The average Bonchev–Trinajstić information content (AvgIpc) is 3.01. The number of thiophene rings is 1. The van der Waals surface area contributed by atoms with Gasteiger partial charge in [0.25, 0.3) is 0 Å². The molecular weight excluding hydrogens is 304 g/mol. The van der Waals surface area contributed by atoms with Crippen LogP contribution >= 0.6 is 23.1 Å². The van der Waals surface area contributed by atoms with Crippen LogP contribution in [0.5, 0.6) is 0 Å². The van der Waals surface area contributed by atoms with Gasteiger partial charge in [-0.2, -0.15) is 5.10 Å². The van der Waals surface area contributed by atoms with Crippen molar-refractivity contribution in [3.8, 4) is 10.6 Å². The maximum atomic E-state index is 12.6. The number of aromatic amines is 1. The summed E-state index contributed by atoms with van der Waals surface area (Å²) in [6.45, 7) is 4.40. The number of carbonyl (C=O) groups is 1. The van der Waals surface area contributed by atoms with Gasteiger partial charge in [-0.3, -0.25) is 9.89 Å². The summed E-state index contributed by atoms with van der Waals surface area (Å²) in [4.78, 5) is 13.7. The van der Waals surface area contributed by atoms with Crippen LogP contribution < -0.4 is 0 Å². The first-order chi connectivity index (χ1) is 10.0. The highest BCUT2D eigenvalue weighted by Crippen LogP contribution is 2.48. The van der Waals surface area contributed by atoms with Crippen LogP contribution in [0.25, 0.3) is 10.6 Å². The highest BCUT2D eigenvalue weighted by Gasteiger charge is 2.36. The molecule has 0 saturated heterocycles. The molecule has 1 aliphatic rings. The number of nitrogens with zero attached hydrogens (tertiary/aromatic N) is 1. The number of hydrogen-bond donors (Lipinski definition) is 2. The molecule has 0 saturated carbocycles. The van der Waals surface area contributed by atoms with Crippen molar-refractivity contribution in [1.29, 1.82) is 0 Å². The molecule has 4 nitrogen and oxygen atoms in total. The molecule has 1 aliphatic carbocycles. The zero-order valence-corrected chi connectivity index (χ0v) is 13.7. The summed E-state index contributed by atoms with van der Waals surface area (Å²) in [6.07, 6.45) is 3.22. The van der Waals surface area contributed by atoms with Gasteiger partial charge in [0.05, 0.1) is 21.4 Å². The lowest BCUT2D eigenvalue weighted by atomic mass is 9.74. The van der Waals surface area contributed by atoms with Gasteiger partial charge in [0.15, 0.2) is 5.78 Å². The van der Waals surface area contributed by atoms with Crippen LogP contribution in [0.4, 0.5) is 0 Å². The van der Waals surface area contributed by atoms with Crippen molar-refractivity contribution < 1.29 is 9.90 Å². The molecular formula is C15H18N2O2S2. The zero-order valence-electron chi connectivity index (χ0n) is 12.1. The molecule has 0 fully saturated rings. The van der Waals surface area contributed by atoms with E-state index in [2.05, 4.69) is 24.0 Å². The van der Waals surface area contributed by atoms with E-state index >= 15 is 0 Å². The third-order valence-electron chi connectivity index (χ3n) is 3.62. The number of aliphatic hydroxyl groups excluding tert-OH is 1. The molecule has 6 heteroatoms. The normalized spacial score (nSPS) is 17.0. The smallest absolute Gasteiger partial charge is 0.165 e. The van der Waals surface area contributed by atoms with Crippen molar-refractivity contribution in [2.45, 2.75) is 30.9 Å². The summed E-state index contributed by atoms with van der Waals surface area (Å²) in [6, 6.07) is 1.94. The van der Waals surface area contributed by atoms with Gasteiger partial charge in [0, 0.05) is 23.9 Å². The van der Waals surface area contributed by atoms with Gasteiger partial charge in [-0.15, -0.1) is 23.1 Å². The zero-order chi connectivity index (χ0) is 15.0. The minimum absolute atomic E-state index is 0.00115. The maximum Gasteiger partial charge on any atom is 0.165 e. The largest absolute Gasteiger partial charge is 0.396 e. The van der Waals surface area contributed by atoms with Gasteiger partial charge in [0.1, 0.15) is 0 Å². The Balaban J connectivity index is 2.12. The van der Waals surface area contributed by atoms with Gasteiger partial charge >= 0.3 is 0 Å². The Morgan fingerprint density at radius 3 is 2.95 bits per heavy atom. The van der Waals surface area contributed by atoms with Crippen LogP contribution in [0.15, 0.2) is 16.5 Å². The number of carbonyl (C=O) groups excluding carboxylic acids is 1. The SMILES string of the molecule is CC1(C)CC(=O)c2c(SCCO)sc(-c3ccn[nH]3)c2C1. The van der Waals surface area contributed by atoms with E-state index in [4.69, 9.17) is 5.11 Å². The molecule has 2 aromatic rings. The molecule has 0 radical (unpaired) electrons. The number of aromatic nitrogens is 2. The Kier molecular flexibility index (Phi) is 3.94. The first-order valence-electron chi connectivity index (χ1n) is 6.94. The fourth-order valence-corrected chi connectivity index (χ4v) is 5.24. The highest BCUT2D eigenvalue weighted by atomic mass is 32.2. The second-order valence-electron chi connectivity index (χ2n) is 6.06. The Bertz CT molecular complexity index is 660. The Morgan fingerprint density at radius 1 is 1.48 bits per heavy atom. The van der Waals surface area contributed by atoms with E-state index in [1.807, 2.05) is 6.07 Å². The molecule has 2 N–H and O–H groups in total. The van der Waals surface area contributed by atoms with Crippen LogP contribution in [0.2, 0.25) is 0 Å². The van der Waals surface area contributed by atoms with Crippen LogP contribution in [0.1, 0.15) is 36.2 Å². The summed E-state index contributed by atoms with van der Waals surface area (Å²) in [5.74, 6) is 0.843. The molecule has 0 atom stereocenters. The lowest BCUT2D eigenvalue weighted by molar-refractivity contribution is 0.0910. The van der Waals surface area contributed by atoms with Gasteiger partial charge in [0.2, 0.25) is 0 Å². The number of hydrogen-bond acceptors (Lipinski definition) is 5. The first kappa shape index (κ1) is 14.8. The van der Waals surface area contributed by atoms with E-state index in [1.54, 1.807) is 29.3 Å². The van der Waals surface area contributed by atoms with Gasteiger partial charge in [-0.25, -0.2) is 0 Å². The minimum atomic E-state index is -0.00115. The predicted molar refractivity (Wildman–Crippen MR) is 86.1 cm³/mol. The number of fused-ring (bicyclic) bond motifs is 1. The molecule has 3 rings (SSSR count). The van der Waals surface area contributed by atoms with E-state index in [-0.39, 0.29) is 17.8 Å². The van der Waals surface area contributed by atoms with E-state index in [0.29, 0.717) is 12.2 Å². The minimum Gasteiger partial charge on any atom is -0.396 e. The van der Waals surface area contributed by atoms with E-state index in [1.165, 1.54) is 0 Å². The quantitative estimate of drug-likeness (QED) is 0.847. The predicted octanol–water partition coefficient (Wildman–Crippen LogP) is 3.38. The second-order valence-corrected chi connectivity index (χ2v) is 8.44. The van der Waals surface area contributed by atoms with Gasteiger partial charge in [-0.1, -0.05) is 13.8 Å². The maximum absolute atomic E-state index is 12.6. The highest BCUT2D eigenvalue weighted by molar-refractivity contribution is 8.01. The van der Waals surface area contributed by atoms with Crippen molar-refractivity contribution in [2.24, 2.45) is 5.41 Å². The Morgan fingerprint density at radius 2 is 2.29 bits per heavy atom. The molecule has 0 unspecified atom stereocenters. The molecule has 2 aromatic heterocycles. The lowest BCUT2D eigenvalue weighted by Crippen LogP contribution is -2.26. The molecule has 0 bridgehead atoms. The number of rotatable bonds is 4. The van der Waals surface area contributed by atoms with Crippen LogP contribution in [-0.4, -0.2) is 33.4 Å². The fourth-order valence-electron chi connectivity index (χ4n) is 2.80. The summed E-state index contributed by atoms with van der Waals surface area (Å²) < 4.78 is 1.03. The standard InChI is InChI=1S/C15H18N2O2S2/c1-15(2)7-9-12(11(19)8-15)14(20-6-5-18)21-13(9)10-3-4-16-17-10/h3-4,18H,5-8H2,1-2H3,(H,16,17). The fraction of sp³-hybridized carbons (Fsp3) is 0.467. The summed E-state index contributed by atoms with van der Waals surface area (Å²) in [7, 11) is 0. The van der Waals surface area contributed by atoms with Crippen molar-refractivity contribution >= 4 is 28.9 Å². The molecule has 2 heterocycles. The van der Waals surface area contributed by atoms with Crippen molar-refractivity contribution in [2.75, 3.05) is 12.4 Å². The van der Waals surface area contributed by atoms with E-state index < -0.39 is 0 Å². The molecule has 0 spiro atoms. The third-order valence-corrected chi connectivity index (χ3v) is 6.13. The van der Waals surface area contributed by atoms with Crippen molar-refractivity contribution in [3.63, 3.8) is 0 Å². The second kappa shape index (κ2) is 5.59. The molecule has 112 valence electrons. The number of thioether (sulfide) groups is 1. The van der Waals surface area contributed by atoms with Crippen LogP contribution in [-0.2, 0) is 6.42 Å². The molecule has 0 amide bonds. The molecule has 0 aliphatic heterocycles. The Labute approximate surface area is 132 Å². The molecule has 21 heavy (non-hydrogen) atoms. The van der Waals surface area contributed by atoms with E-state index in [0.717, 1.165) is 32.3 Å². The molecule has 0 aromatic carbocycles. The summed E-state index contributed by atoms with van der Waals surface area (Å²) in [5, 5.41) is 16.1. The van der Waals surface area contributed by atoms with Crippen molar-refractivity contribution in [1.82, 2.24) is 10.2 Å². The number of Topliss-reactive ketones (excluding diaryl/α,β-unsaturated/α-hetero) is 1. The number of aliphatic hydroxyl groups is 1. The first-order valence-corrected chi connectivity index (χ1v) is 8.74. The number of H-pyrrole nitrogens is 1. The van der Waals surface area contributed by atoms with Crippen LogP contribution in [0.3, 0.4) is 0 Å². The third kappa shape index (κ3) is 2.80. The Hall–Kier alpha value is -1.11. The van der Waals surface area contributed by atoms with Crippen LogP contribution in [0, 0.1) is 5.41 Å².